The Bertz CT molecular complexity index is 536. The van der Waals surface area contributed by atoms with Gasteiger partial charge in [-0.05, 0) is 55.7 Å². The van der Waals surface area contributed by atoms with E-state index in [0.29, 0.717) is 0 Å². The van der Waals surface area contributed by atoms with E-state index in [0.717, 1.165) is 24.1 Å². The molecule has 0 radical (unpaired) electrons. The fourth-order valence-corrected chi connectivity index (χ4v) is 3.58. The molecule has 0 aliphatic rings. The summed E-state index contributed by atoms with van der Waals surface area (Å²) in [7, 11) is -0.950. The largest absolute Gasteiger partial charge is 0.439 e. The Hall–Kier alpha value is -1.53. The molecule has 0 unspecified atom stereocenters. The molecule has 22 heavy (non-hydrogen) atoms. The van der Waals surface area contributed by atoms with E-state index in [4.69, 9.17) is 9.05 Å². The summed E-state index contributed by atoms with van der Waals surface area (Å²) in [6, 6.07) is 16.3. The van der Waals surface area contributed by atoms with Gasteiger partial charge in [0.15, 0.2) is 0 Å². The Morgan fingerprint density at radius 2 is 1.36 bits per heavy atom. The van der Waals surface area contributed by atoms with E-state index in [1.807, 2.05) is 24.3 Å². The zero-order chi connectivity index (χ0) is 15.8. The summed E-state index contributed by atoms with van der Waals surface area (Å²) in [5.41, 5.74) is 2.41. The van der Waals surface area contributed by atoms with Crippen molar-refractivity contribution in [1.29, 1.82) is 0 Å². The highest BCUT2D eigenvalue weighted by Gasteiger charge is 2.14. The van der Waals surface area contributed by atoms with E-state index in [1.165, 1.54) is 24.0 Å². The third kappa shape index (κ3) is 5.69. The van der Waals surface area contributed by atoms with E-state index < -0.39 is 8.38 Å². The fourth-order valence-electron chi connectivity index (χ4n) is 2.18. The van der Waals surface area contributed by atoms with Gasteiger partial charge in [0.05, 0.1) is 0 Å². The molecule has 0 spiro atoms. The van der Waals surface area contributed by atoms with Crippen molar-refractivity contribution in [2.75, 3.05) is 6.16 Å². The van der Waals surface area contributed by atoms with Crippen LogP contribution in [0.15, 0.2) is 48.5 Å². The number of unbranched alkanes of at least 4 members (excludes halogenated alkanes) is 2. The van der Waals surface area contributed by atoms with Gasteiger partial charge in [0.2, 0.25) is 0 Å². The van der Waals surface area contributed by atoms with Gasteiger partial charge in [-0.25, -0.2) is 0 Å². The highest BCUT2D eigenvalue weighted by Crippen LogP contribution is 2.41. The summed E-state index contributed by atoms with van der Waals surface area (Å²) in [6.45, 7) is 6.37. The Morgan fingerprint density at radius 1 is 0.818 bits per heavy atom. The monoisotopic (exact) mass is 316 g/mol. The maximum atomic E-state index is 6.13. The second kappa shape index (κ2) is 8.80. The number of aryl methyl sites for hydroxylation is 2. The molecule has 0 aliphatic heterocycles. The molecule has 0 saturated heterocycles. The molecule has 118 valence electrons. The minimum Gasteiger partial charge on any atom is -0.439 e. The molecule has 2 rings (SSSR count). The molecule has 0 N–H and O–H groups in total. The van der Waals surface area contributed by atoms with E-state index in [1.54, 1.807) is 0 Å². The lowest BCUT2D eigenvalue weighted by atomic mass is 10.2. The molecule has 0 saturated carbocycles. The molecule has 2 nitrogen and oxygen atoms in total. The molecule has 0 aliphatic carbocycles. The van der Waals surface area contributed by atoms with Crippen LogP contribution in [0.25, 0.3) is 0 Å². The maximum absolute atomic E-state index is 6.13. The first kappa shape index (κ1) is 16.8. The van der Waals surface area contributed by atoms with E-state index in [-0.39, 0.29) is 0 Å². The summed E-state index contributed by atoms with van der Waals surface area (Å²) in [5.74, 6) is 1.80. The van der Waals surface area contributed by atoms with Gasteiger partial charge in [0.1, 0.15) is 11.5 Å². The van der Waals surface area contributed by atoms with Gasteiger partial charge in [-0.2, -0.15) is 0 Å². The van der Waals surface area contributed by atoms with Gasteiger partial charge in [0, 0.05) is 6.16 Å². The number of benzene rings is 2. The first-order valence-corrected chi connectivity index (χ1v) is 9.30. The minimum atomic E-state index is -0.950. The van der Waals surface area contributed by atoms with Gasteiger partial charge in [-0.15, -0.1) is 0 Å². The fraction of sp³-hybridized carbons (Fsp3) is 0.368. The lowest BCUT2D eigenvalue weighted by Crippen LogP contribution is -2.00. The summed E-state index contributed by atoms with van der Waals surface area (Å²) in [4.78, 5) is 0. The zero-order valence-corrected chi connectivity index (χ0v) is 14.6. The third-order valence-corrected chi connectivity index (χ3v) is 4.85. The quantitative estimate of drug-likeness (QED) is 0.422. The Labute approximate surface area is 135 Å². The van der Waals surface area contributed by atoms with Crippen molar-refractivity contribution in [3.63, 3.8) is 0 Å². The van der Waals surface area contributed by atoms with Crippen molar-refractivity contribution in [3.8, 4) is 11.5 Å². The smallest absolute Gasteiger partial charge is 0.290 e. The van der Waals surface area contributed by atoms with Crippen molar-refractivity contribution in [2.24, 2.45) is 0 Å². The van der Waals surface area contributed by atoms with E-state index >= 15 is 0 Å². The van der Waals surface area contributed by atoms with Crippen LogP contribution < -0.4 is 9.05 Å². The second-order valence-electron chi connectivity index (χ2n) is 5.58. The van der Waals surface area contributed by atoms with Crippen molar-refractivity contribution in [3.05, 3.63) is 59.7 Å². The van der Waals surface area contributed by atoms with Crippen molar-refractivity contribution < 1.29 is 9.05 Å². The molecule has 0 atom stereocenters. The van der Waals surface area contributed by atoms with Crippen LogP contribution in [0.5, 0.6) is 11.5 Å². The van der Waals surface area contributed by atoms with Crippen LogP contribution in [0.1, 0.15) is 37.3 Å². The molecule has 2 aromatic rings. The van der Waals surface area contributed by atoms with Gasteiger partial charge >= 0.3 is 0 Å². The highest BCUT2D eigenvalue weighted by atomic mass is 31.2. The zero-order valence-electron chi connectivity index (χ0n) is 13.7. The summed E-state index contributed by atoms with van der Waals surface area (Å²) in [5, 5.41) is 0. The topological polar surface area (TPSA) is 18.5 Å². The summed E-state index contributed by atoms with van der Waals surface area (Å²) < 4.78 is 12.3. The van der Waals surface area contributed by atoms with Crippen LogP contribution in [0.4, 0.5) is 0 Å². The second-order valence-corrected chi connectivity index (χ2v) is 7.06. The lowest BCUT2D eigenvalue weighted by Gasteiger charge is -2.19. The molecule has 0 heterocycles. The molecule has 0 aromatic heterocycles. The van der Waals surface area contributed by atoms with Gasteiger partial charge in [0.25, 0.3) is 8.38 Å². The number of hydrogen-bond acceptors (Lipinski definition) is 2. The van der Waals surface area contributed by atoms with Crippen LogP contribution in [0.3, 0.4) is 0 Å². The predicted molar refractivity (Wildman–Crippen MR) is 94.9 cm³/mol. The number of hydrogen-bond donors (Lipinski definition) is 0. The third-order valence-electron chi connectivity index (χ3n) is 3.34. The predicted octanol–water partition coefficient (Wildman–Crippen LogP) is 6.26. The molecular formula is C19H25O2P. The van der Waals surface area contributed by atoms with Crippen LogP contribution in [-0.4, -0.2) is 6.16 Å². The Morgan fingerprint density at radius 3 is 1.82 bits per heavy atom. The maximum Gasteiger partial charge on any atom is 0.290 e. The average molecular weight is 316 g/mol. The van der Waals surface area contributed by atoms with Crippen LogP contribution in [0, 0.1) is 13.8 Å². The van der Waals surface area contributed by atoms with Crippen LogP contribution in [0.2, 0.25) is 0 Å². The van der Waals surface area contributed by atoms with Crippen molar-refractivity contribution in [2.45, 2.75) is 40.0 Å². The minimum absolute atomic E-state index is 0.898. The highest BCUT2D eigenvalue weighted by molar-refractivity contribution is 7.48. The normalized spacial score (nSPS) is 10.7. The van der Waals surface area contributed by atoms with Gasteiger partial charge in [-0.1, -0.05) is 44.0 Å². The van der Waals surface area contributed by atoms with E-state index in [9.17, 15) is 0 Å². The molecule has 3 heteroatoms. The molecular weight excluding hydrogens is 291 g/mol. The van der Waals surface area contributed by atoms with Gasteiger partial charge < -0.3 is 9.05 Å². The number of rotatable bonds is 8. The van der Waals surface area contributed by atoms with Gasteiger partial charge in [-0.3, -0.25) is 0 Å². The average Bonchev–Trinajstić information content (AvgIpc) is 2.47. The SMILES string of the molecule is CCCCCP(Oc1cccc(C)c1)Oc1cccc(C)c1. The molecule has 0 fully saturated rings. The standard InChI is InChI=1S/C19H25O2P/c1-4-5-6-13-22(20-18-11-7-9-16(2)14-18)21-19-12-8-10-17(3)15-19/h7-12,14-15H,4-6,13H2,1-3H3. The Balaban J connectivity index is 2.04. The van der Waals surface area contributed by atoms with Crippen molar-refractivity contribution in [1.82, 2.24) is 0 Å². The molecule has 0 amide bonds. The lowest BCUT2D eigenvalue weighted by molar-refractivity contribution is 0.485. The van der Waals surface area contributed by atoms with Crippen LogP contribution in [-0.2, 0) is 0 Å². The van der Waals surface area contributed by atoms with Crippen molar-refractivity contribution >= 4 is 8.38 Å². The molecule has 2 aromatic carbocycles. The summed E-state index contributed by atoms with van der Waals surface area (Å²) in [6.07, 6.45) is 4.52. The first-order valence-electron chi connectivity index (χ1n) is 7.94. The molecule has 0 bridgehead atoms. The van der Waals surface area contributed by atoms with Crippen LogP contribution >= 0.6 is 8.38 Å². The van der Waals surface area contributed by atoms with E-state index in [2.05, 4.69) is 45.0 Å². The Kier molecular flexibility index (Phi) is 6.74. The first-order chi connectivity index (χ1) is 10.7. The summed E-state index contributed by atoms with van der Waals surface area (Å²) >= 11 is 0.